The van der Waals surface area contributed by atoms with Gasteiger partial charge in [0.2, 0.25) is 0 Å². The van der Waals surface area contributed by atoms with E-state index in [0.29, 0.717) is 6.54 Å². The van der Waals surface area contributed by atoms with Crippen LogP contribution in [0.15, 0.2) is 27.8 Å². The van der Waals surface area contributed by atoms with Crippen LogP contribution in [-0.2, 0) is 6.42 Å². The molecule has 6 nitrogen and oxygen atoms in total. The quantitative estimate of drug-likeness (QED) is 0.536. The van der Waals surface area contributed by atoms with E-state index in [4.69, 9.17) is 9.41 Å². The molecular formula is C20H31N5OS. The maximum atomic E-state index is 5.70. The number of thiazole rings is 1. The van der Waals surface area contributed by atoms with Gasteiger partial charge in [-0.3, -0.25) is 9.89 Å². The zero-order chi connectivity index (χ0) is 19.1. The summed E-state index contributed by atoms with van der Waals surface area (Å²) >= 11 is 1.78. The SMILES string of the molecule is CCNC(=NCC(c1ccco1)N1CCCC1)NCCc1sc(C)nc1C. The van der Waals surface area contributed by atoms with E-state index in [2.05, 4.69) is 47.4 Å². The first kappa shape index (κ1) is 19.9. The highest BCUT2D eigenvalue weighted by atomic mass is 32.1. The minimum atomic E-state index is 0.212. The third kappa shape index (κ3) is 5.56. The third-order valence-electron chi connectivity index (χ3n) is 4.86. The summed E-state index contributed by atoms with van der Waals surface area (Å²) in [5, 5.41) is 7.96. The van der Waals surface area contributed by atoms with Crippen molar-refractivity contribution in [1.82, 2.24) is 20.5 Å². The van der Waals surface area contributed by atoms with Gasteiger partial charge in [-0.15, -0.1) is 11.3 Å². The molecule has 1 aliphatic rings. The number of furan rings is 1. The van der Waals surface area contributed by atoms with Crippen LogP contribution in [0.2, 0.25) is 0 Å². The summed E-state index contributed by atoms with van der Waals surface area (Å²) in [5.41, 5.74) is 1.15. The largest absolute Gasteiger partial charge is 0.468 e. The summed E-state index contributed by atoms with van der Waals surface area (Å²) in [7, 11) is 0. The van der Waals surface area contributed by atoms with Crippen LogP contribution in [0.3, 0.4) is 0 Å². The highest BCUT2D eigenvalue weighted by molar-refractivity contribution is 7.11. The van der Waals surface area contributed by atoms with E-state index in [9.17, 15) is 0 Å². The molecule has 0 saturated carbocycles. The van der Waals surface area contributed by atoms with Crippen LogP contribution in [-0.4, -0.2) is 48.6 Å². The van der Waals surface area contributed by atoms with E-state index in [1.54, 1.807) is 17.6 Å². The van der Waals surface area contributed by atoms with E-state index in [1.165, 1.54) is 17.7 Å². The molecule has 2 N–H and O–H groups in total. The van der Waals surface area contributed by atoms with Gasteiger partial charge in [-0.2, -0.15) is 0 Å². The molecule has 27 heavy (non-hydrogen) atoms. The molecule has 0 bridgehead atoms. The zero-order valence-electron chi connectivity index (χ0n) is 16.6. The van der Waals surface area contributed by atoms with Crippen molar-refractivity contribution in [3.8, 4) is 0 Å². The number of hydrogen-bond donors (Lipinski definition) is 2. The van der Waals surface area contributed by atoms with Crippen molar-refractivity contribution in [3.05, 3.63) is 39.7 Å². The van der Waals surface area contributed by atoms with Crippen molar-refractivity contribution in [1.29, 1.82) is 0 Å². The molecule has 2 aromatic heterocycles. The second-order valence-corrected chi connectivity index (χ2v) is 8.20. The second kappa shape index (κ2) is 9.90. The van der Waals surface area contributed by atoms with E-state index < -0.39 is 0 Å². The zero-order valence-corrected chi connectivity index (χ0v) is 17.4. The van der Waals surface area contributed by atoms with Gasteiger partial charge in [-0.25, -0.2) is 4.98 Å². The topological polar surface area (TPSA) is 65.7 Å². The Morgan fingerprint density at radius 2 is 2.15 bits per heavy atom. The van der Waals surface area contributed by atoms with Crippen LogP contribution in [0.25, 0.3) is 0 Å². The van der Waals surface area contributed by atoms with E-state index in [0.717, 1.165) is 55.0 Å². The Labute approximate surface area is 166 Å². The predicted molar refractivity (Wildman–Crippen MR) is 112 cm³/mol. The number of aliphatic imine (C=N–C) groups is 1. The molecule has 148 valence electrons. The highest BCUT2D eigenvalue weighted by Gasteiger charge is 2.25. The Morgan fingerprint density at radius 1 is 1.33 bits per heavy atom. The molecule has 0 aromatic carbocycles. The molecule has 0 spiro atoms. The monoisotopic (exact) mass is 389 g/mol. The number of aryl methyl sites for hydroxylation is 2. The lowest BCUT2D eigenvalue weighted by molar-refractivity contribution is 0.221. The van der Waals surface area contributed by atoms with E-state index in [-0.39, 0.29) is 6.04 Å². The number of likely N-dealkylation sites (tertiary alicyclic amines) is 1. The molecule has 0 amide bonds. The maximum absolute atomic E-state index is 5.70. The summed E-state index contributed by atoms with van der Waals surface area (Å²) in [6.45, 7) is 10.9. The fourth-order valence-electron chi connectivity index (χ4n) is 3.54. The molecule has 1 unspecified atom stereocenters. The van der Waals surface area contributed by atoms with Crippen molar-refractivity contribution >= 4 is 17.3 Å². The average molecular weight is 390 g/mol. The lowest BCUT2D eigenvalue weighted by Gasteiger charge is -2.24. The van der Waals surface area contributed by atoms with Gasteiger partial charge in [-0.05, 0) is 58.8 Å². The van der Waals surface area contributed by atoms with Crippen LogP contribution < -0.4 is 10.6 Å². The molecule has 0 radical (unpaired) electrons. The molecular weight excluding hydrogens is 358 g/mol. The Hall–Kier alpha value is -1.86. The average Bonchev–Trinajstić information content (AvgIpc) is 3.39. The molecule has 7 heteroatoms. The third-order valence-corrected chi connectivity index (χ3v) is 6.00. The van der Waals surface area contributed by atoms with Crippen LogP contribution >= 0.6 is 11.3 Å². The Kier molecular flexibility index (Phi) is 7.29. The molecule has 3 rings (SSSR count). The van der Waals surface area contributed by atoms with Crippen molar-refractivity contribution in [2.75, 3.05) is 32.7 Å². The van der Waals surface area contributed by atoms with E-state index >= 15 is 0 Å². The fraction of sp³-hybridized carbons (Fsp3) is 0.600. The summed E-state index contributed by atoms with van der Waals surface area (Å²) < 4.78 is 5.70. The summed E-state index contributed by atoms with van der Waals surface area (Å²) in [4.78, 5) is 13.2. The maximum Gasteiger partial charge on any atom is 0.191 e. The lowest BCUT2D eigenvalue weighted by atomic mass is 10.2. The van der Waals surface area contributed by atoms with Gasteiger partial charge in [0.15, 0.2) is 5.96 Å². The molecule has 2 aromatic rings. The van der Waals surface area contributed by atoms with Crippen LogP contribution in [0.5, 0.6) is 0 Å². The minimum absolute atomic E-state index is 0.212. The number of hydrogen-bond acceptors (Lipinski definition) is 5. The van der Waals surface area contributed by atoms with Crippen LogP contribution in [0.1, 0.15) is 47.1 Å². The lowest BCUT2D eigenvalue weighted by Crippen LogP contribution is -2.39. The Balaban J connectivity index is 1.60. The number of rotatable bonds is 8. The summed E-state index contributed by atoms with van der Waals surface area (Å²) in [6, 6.07) is 4.24. The van der Waals surface area contributed by atoms with Crippen molar-refractivity contribution in [3.63, 3.8) is 0 Å². The summed E-state index contributed by atoms with van der Waals surface area (Å²) in [5.74, 6) is 1.87. The first-order valence-electron chi connectivity index (χ1n) is 9.90. The van der Waals surface area contributed by atoms with Crippen LogP contribution in [0.4, 0.5) is 0 Å². The van der Waals surface area contributed by atoms with Crippen molar-refractivity contribution < 1.29 is 4.42 Å². The number of nitrogens with zero attached hydrogens (tertiary/aromatic N) is 3. The van der Waals surface area contributed by atoms with E-state index in [1.807, 2.05) is 6.07 Å². The van der Waals surface area contributed by atoms with Gasteiger partial charge in [0, 0.05) is 24.4 Å². The number of aromatic nitrogens is 1. The van der Waals surface area contributed by atoms with Crippen molar-refractivity contribution in [2.45, 2.75) is 46.1 Å². The molecule has 3 heterocycles. The van der Waals surface area contributed by atoms with Gasteiger partial charge in [0.1, 0.15) is 5.76 Å². The smallest absolute Gasteiger partial charge is 0.191 e. The number of nitrogens with one attached hydrogen (secondary N) is 2. The molecule has 1 atom stereocenters. The first-order valence-corrected chi connectivity index (χ1v) is 10.7. The Bertz CT molecular complexity index is 719. The first-order chi connectivity index (χ1) is 13.2. The number of guanidine groups is 1. The molecule has 1 aliphatic heterocycles. The minimum Gasteiger partial charge on any atom is -0.468 e. The van der Waals surface area contributed by atoms with Gasteiger partial charge in [0.25, 0.3) is 0 Å². The summed E-state index contributed by atoms with van der Waals surface area (Å²) in [6.07, 6.45) is 5.24. The van der Waals surface area contributed by atoms with Gasteiger partial charge in [-0.1, -0.05) is 0 Å². The normalized spacial score (nSPS) is 16.6. The molecule has 1 saturated heterocycles. The molecule has 1 fully saturated rings. The fourth-order valence-corrected chi connectivity index (χ4v) is 4.48. The van der Waals surface area contributed by atoms with Gasteiger partial charge in [0.05, 0.1) is 29.6 Å². The highest BCUT2D eigenvalue weighted by Crippen LogP contribution is 2.25. The Morgan fingerprint density at radius 3 is 2.78 bits per heavy atom. The van der Waals surface area contributed by atoms with Crippen molar-refractivity contribution in [2.24, 2.45) is 4.99 Å². The van der Waals surface area contributed by atoms with Gasteiger partial charge >= 0.3 is 0 Å². The van der Waals surface area contributed by atoms with Gasteiger partial charge < -0.3 is 15.1 Å². The molecule has 0 aliphatic carbocycles. The van der Waals surface area contributed by atoms with Crippen LogP contribution in [0, 0.1) is 13.8 Å². The predicted octanol–water partition coefficient (Wildman–Crippen LogP) is 3.29. The second-order valence-electron chi connectivity index (χ2n) is 6.91. The standard InChI is InChI=1S/C20H31N5OS/c1-4-21-20(22-10-9-19-15(2)24-16(3)27-19)23-14-17(18-8-7-13-26-18)25-11-5-6-12-25/h7-8,13,17H,4-6,9-12,14H2,1-3H3,(H2,21,22,23).